The zero-order valence-corrected chi connectivity index (χ0v) is 30.5. The number of epoxide rings is 1. The number of carbonyl (C=O) groups is 2. The number of halogens is 7. The zero-order chi connectivity index (χ0) is 39.6. The van der Waals surface area contributed by atoms with E-state index in [1.165, 1.54) is 18.3 Å². The van der Waals surface area contributed by atoms with E-state index < -0.39 is 47.4 Å². The van der Waals surface area contributed by atoms with Gasteiger partial charge < -0.3 is 19.5 Å². The van der Waals surface area contributed by atoms with E-state index >= 15 is 0 Å². The van der Waals surface area contributed by atoms with Gasteiger partial charge in [-0.15, -0.1) is 0 Å². The van der Waals surface area contributed by atoms with E-state index in [4.69, 9.17) is 9.47 Å². The molecule has 1 spiro atoms. The Kier molecular flexibility index (Phi) is 10.00. The van der Waals surface area contributed by atoms with Gasteiger partial charge in [0.05, 0.1) is 49.3 Å². The number of carbonyl (C=O) groups excluding carboxylic acids is 1. The first-order valence-electron chi connectivity index (χ1n) is 19.0. The van der Waals surface area contributed by atoms with Crippen molar-refractivity contribution in [2.45, 2.75) is 88.7 Å². The number of alkyl halides is 6. The molecule has 3 atom stereocenters. The molecule has 2 aromatic carbocycles. The average Bonchev–Trinajstić information content (AvgIpc) is 4.03. The van der Waals surface area contributed by atoms with Crippen LogP contribution in [-0.4, -0.2) is 94.0 Å². The largest absolute Gasteiger partial charge is 0.481 e. The van der Waals surface area contributed by atoms with Crippen LogP contribution >= 0.6 is 0 Å². The summed E-state index contributed by atoms with van der Waals surface area (Å²) in [7, 11) is 0. The number of hydrogen-bond donors (Lipinski definition) is 1. The summed E-state index contributed by atoms with van der Waals surface area (Å²) in [5.74, 6) is -3.48. The molecule has 0 radical (unpaired) electrons. The lowest BCUT2D eigenvalue weighted by Gasteiger charge is -2.50. The molecular weight excluding hydrogens is 749 g/mol. The fraction of sp³-hybridized carbons (Fsp3) is 0.575. The standard InChI is InChI=1S/C40H43F7N4O5/c41-30-10-4-24(5-11-30)16-51-17-27(15-48-51)35(54)49-18-29(37(21-49)22-50(23-37)36-34(56-36)38(12-13-38)40(45,46)47)20-55-19-26-2-1-3-31(32(26)14-33(52)53)25-6-8-28(9-7-25)39(42,43)44/h1-5,10-11,15,17,25,28-29,34,36H,6-9,12-14,16,18-23H2,(H,52,53)/t25?,28?,29-,34?,36?/m0/s1. The molecule has 3 saturated heterocycles. The monoisotopic (exact) mass is 792 g/mol. The maximum atomic E-state index is 13.9. The van der Waals surface area contributed by atoms with Crippen molar-refractivity contribution in [3.05, 3.63) is 88.5 Å². The lowest BCUT2D eigenvalue weighted by Crippen LogP contribution is -2.62. The van der Waals surface area contributed by atoms with Crippen molar-refractivity contribution < 1.29 is 54.9 Å². The van der Waals surface area contributed by atoms with Crippen LogP contribution in [0.4, 0.5) is 30.7 Å². The van der Waals surface area contributed by atoms with Crippen LogP contribution in [0.15, 0.2) is 54.9 Å². The molecule has 9 nitrogen and oxygen atoms in total. The Balaban J connectivity index is 0.962. The maximum absolute atomic E-state index is 13.9. The summed E-state index contributed by atoms with van der Waals surface area (Å²) in [4.78, 5) is 29.5. The van der Waals surface area contributed by atoms with Crippen molar-refractivity contribution in [1.82, 2.24) is 19.6 Å². The number of hydrogen-bond acceptors (Lipinski definition) is 6. The molecule has 56 heavy (non-hydrogen) atoms. The SMILES string of the molecule is O=C(O)Cc1c(COC[C@@H]2CN(C(=O)c3cnn(Cc4ccc(F)cc4)c3)CC23CN(C2OC2C2(C(F)(F)F)CC2)C3)cccc1C1CCC(C(F)(F)F)CC1. The minimum atomic E-state index is -4.34. The maximum Gasteiger partial charge on any atom is 0.397 e. The van der Waals surface area contributed by atoms with Crippen LogP contribution in [0.1, 0.15) is 77.1 Å². The van der Waals surface area contributed by atoms with Crippen molar-refractivity contribution >= 4 is 11.9 Å². The average molecular weight is 793 g/mol. The van der Waals surface area contributed by atoms with Crippen LogP contribution < -0.4 is 0 Å². The van der Waals surface area contributed by atoms with Gasteiger partial charge in [-0.2, -0.15) is 31.4 Å². The van der Waals surface area contributed by atoms with Gasteiger partial charge in [-0.05, 0) is 78.8 Å². The molecule has 2 saturated carbocycles. The summed E-state index contributed by atoms with van der Waals surface area (Å²) in [5.41, 5.74) is 0.752. The van der Waals surface area contributed by atoms with Crippen LogP contribution in [0.25, 0.3) is 0 Å². The Bertz CT molecular complexity index is 1930. The first-order valence-corrected chi connectivity index (χ1v) is 19.0. The summed E-state index contributed by atoms with van der Waals surface area (Å²) < 4.78 is 109. The number of amides is 1. The van der Waals surface area contributed by atoms with Crippen LogP contribution in [0.5, 0.6) is 0 Å². The Hall–Kier alpha value is -4.02. The number of carboxylic acids is 1. The van der Waals surface area contributed by atoms with Crippen LogP contribution in [0.3, 0.4) is 0 Å². The van der Waals surface area contributed by atoms with E-state index in [0.29, 0.717) is 62.3 Å². The van der Waals surface area contributed by atoms with E-state index in [0.717, 1.165) is 11.1 Å². The van der Waals surface area contributed by atoms with Crippen molar-refractivity contribution in [3.63, 3.8) is 0 Å². The minimum Gasteiger partial charge on any atom is -0.481 e. The van der Waals surface area contributed by atoms with Gasteiger partial charge in [-0.1, -0.05) is 30.3 Å². The van der Waals surface area contributed by atoms with Gasteiger partial charge in [0.25, 0.3) is 5.91 Å². The summed E-state index contributed by atoms with van der Waals surface area (Å²) in [6.45, 7) is 2.00. The fourth-order valence-electron chi connectivity index (χ4n) is 9.47. The Morgan fingerprint density at radius 3 is 2.32 bits per heavy atom. The minimum absolute atomic E-state index is 0.0176. The van der Waals surface area contributed by atoms with Gasteiger partial charge in [0.2, 0.25) is 0 Å². The first kappa shape index (κ1) is 38.8. The molecule has 302 valence electrons. The van der Waals surface area contributed by atoms with Gasteiger partial charge in [-0.3, -0.25) is 19.2 Å². The Morgan fingerprint density at radius 2 is 1.68 bits per heavy atom. The third kappa shape index (κ3) is 7.55. The highest BCUT2D eigenvalue weighted by Gasteiger charge is 2.76. The summed E-state index contributed by atoms with van der Waals surface area (Å²) >= 11 is 0. The predicted octanol–water partition coefficient (Wildman–Crippen LogP) is 7.19. The van der Waals surface area contributed by atoms with E-state index in [-0.39, 0.29) is 68.9 Å². The first-order chi connectivity index (χ1) is 26.5. The summed E-state index contributed by atoms with van der Waals surface area (Å²) in [6.07, 6.45) is -6.73. The van der Waals surface area contributed by atoms with Crippen LogP contribution in [0.2, 0.25) is 0 Å². The molecule has 2 unspecified atom stereocenters. The summed E-state index contributed by atoms with van der Waals surface area (Å²) in [5, 5.41) is 14.1. The Labute approximate surface area is 318 Å². The molecule has 3 aliphatic heterocycles. The van der Waals surface area contributed by atoms with Gasteiger partial charge in [0, 0.05) is 43.7 Å². The third-order valence-corrected chi connectivity index (χ3v) is 12.8. The topological polar surface area (TPSA) is 100 Å². The lowest BCUT2D eigenvalue weighted by atomic mass is 9.71. The molecule has 1 amide bonds. The smallest absolute Gasteiger partial charge is 0.397 e. The molecule has 2 aliphatic carbocycles. The van der Waals surface area contributed by atoms with E-state index in [9.17, 15) is 45.4 Å². The van der Waals surface area contributed by atoms with Gasteiger partial charge in [0.1, 0.15) is 18.1 Å². The molecule has 3 aromatic rings. The number of aliphatic carboxylic acids is 1. The van der Waals surface area contributed by atoms with Gasteiger partial charge in [0.15, 0.2) is 0 Å². The van der Waals surface area contributed by atoms with Crippen molar-refractivity contribution in [3.8, 4) is 0 Å². The molecular formula is C40H43F7N4O5. The molecule has 1 aromatic heterocycles. The fourth-order valence-corrected chi connectivity index (χ4v) is 9.47. The van der Waals surface area contributed by atoms with Gasteiger partial charge in [-0.25, -0.2) is 4.39 Å². The van der Waals surface area contributed by atoms with E-state index in [1.54, 1.807) is 46.1 Å². The van der Waals surface area contributed by atoms with Crippen molar-refractivity contribution in [2.24, 2.45) is 22.7 Å². The molecule has 16 heteroatoms. The predicted molar refractivity (Wildman–Crippen MR) is 186 cm³/mol. The quantitative estimate of drug-likeness (QED) is 0.153. The molecule has 0 bridgehead atoms. The molecule has 1 N–H and O–H groups in total. The van der Waals surface area contributed by atoms with Gasteiger partial charge >= 0.3 is 18.3 Å². The third-order valence-electron chi connectivity index (χ3n) is 12.8. The molecule has 5 aliphatic rings. The molecule has 4 heterocycles. The highest BCUT2D eigenvalue weighted by Crippen LogP contribution is 2.66. The van der Waals surface area contributed by atoms with Crippen LogP contribution in [-0.2, 0) is 33.8 Å². The number of benzene rings is 2. The van der Waals surface area contributed by atoms with Crippen molar-refractivity contribution in [2.75, 3.05) is 32.8 Å². The zero-order valence-electron chi connectivity index (χ0n) is 30.5. The second-order valence-corrected chi connectivity index (χ2v) is 16.5. The number of rotatable bonds is 12. The lowest BCUT2D eigenvalue weighted by molar-refractivity contribution is -0.193. The number of likely N-dealkylation sites (tertiary alicyclic amines) is 2. The summed E-state index contributed by atoms with van der Waals surface area (Å²) in [6, 6.07) is 11.3. The number of nitrogens with zero attached hydrogens (tertiary/aromatic N) is 4. The normalized spacial score (nSPS) is 27.0. The molecule has 8 rings (SSSR count). The number of carboxylic acid groups (broad SMARTS) is 1. The second kappa shape index (κ2) is 14.4. The molecule has 5 fully saturated rings. The van der Waals surface area contributed by atoms with Crippen LogP contribution in [0, 0.1) is 28.5 Å². The van der Waals surface area contributed by atoms with E-state index in [1.807, 2.05) is 4.90 Å². The highest BCUT2D eigenvalue weighted by molar-refractivity contribution is 5.94. The number of ether oxygens (including phenoxy) is 2. The van der Waals surface area contributed by atoms with E-state index in [2.05, 4.69) is 5.10 Å². The number of aromatic nitrogens is 2. The Morgan fingerprint density at radius 1 is 0.964 bits per heavy atom. The van der Waals surface area contributed by atoms with Crippen molar-refractivity contribution in [1.29, 1.82) is 0 Å². The highest BCUT2D eigenvalue weighted by atomic mass is 19.4. The second-order valence-electron chi connectivity index (χ2n) is 16.5.